The molecule has 0 saturated carbocycles. The normalized spacial score (nSPS) is 12.8. The van der Waals surface area contributed by atoms with Crippen molar-refractivity contribution in [3.63, 3.8) is 0 Å². The van der Waals surface area contributed by atoms with Crippen molar-refractivity contribution in [3.8, 4) is 11.8 Å². The van der Waals surface area contributed by atoms with Gasteiger partial charge in [-0.3, -0.25) is 29.1 Å². The Morgan fingerprint density at radius 3 is 1.26 bits per heavy atom. The number of para-hydroxylation sites is 6. The van der Waals surface area contributed by atoms with E-state index in [1.165, 1.54) is 43.2 Å². The molecule has 6 aromatic carbocycles. The van der Waals surface area contributed by atoms with Crippen LogP contribution in [-0.2, 0) is 28.7 Å². The summed E-state index contributed by atoms with van der Waals surface area (Å²) in [6.45, 7) is 6.91. The molecule has 0 fully saturated rings. The van der Waals surface area contributed by atoms with Crippen LogP contribution in [0.2, 0.25) is 0 Å². The van der Waals surface area contributed by atoms with Gasteiger partial charge in [0.25, 0.3) is 11.8 Å². The summed E-state index contributed by atoms with van der Waals surface area (Å²) in [5, 5.41) is 21.3. The highest BCUT2D eigenvalue weighted by atomic mass is 16.5. The van der Waals surface area contributed by atoms with Gasteiger partial charge >= 0.3 is 18.0 Å². The summed E-state index contributed by atoms with van der Waals surface area (Å²) in [5.74, 6) is 3.62. The molecule has 3 N–H and O–H groups in total. The molecule has 1 aliphatic rings. The number of aliphatic hydroxyl groups excluding tert-OH is 2. The molecule has 34 heteroatoms. The van der Waals surface area contributed by atoms with Crippen molar-refractivity contribution >= 4 is 214 Å². The molecular weight excluding hydrogens is 1180 g/mol. The SMILES string of the molecule is CCOC(=O)N[C@@H]1CCC=C(/C=C/C(=O)O[C@H](C)/C=C\C(=O)N(c2ccccc2)c2ccccc2)C1.C[C@@H](O)/C=C\C(=O)N(c1ccccc1)c1ccccc1.C[C@@H](O)C#CC(=O)N(c1ccccc1)c1ccccc1.[B][B]B(B([B])[B])B(B(B([B])[B])B([B])[B])B(B([B])[B])B([B])[B]. The van der Waals surface area contributed by atoms with Gasteiger partial charge < -0.3 is 25.0 Å². The van der Waals surface area contributed by atoms with E-state index in [-0.39, 0.29) is 23.8 Å². The zero-order chi connectivity index (χ0) is 71.4. The van der Waals surface area contributed by atoms with Crippen LogP contribution in [0.4, 0.5) is 38.9 Å². The van der Waals surface area contributed by atoms with Crippen LogP contribution in [0.1, 0.15) is 47.0 Å². The molecule has 0 unspecified atom stereocenters. The third-order valence-electron chi connectivity index (χ3n) is 14.7. The van der Waals surface area contributed by atoms with Gasteiger partial charge in [-0.1, -0.05) is 133 Å². The Hall–Kier alpha value is -7.73. The van der Waals surface area contributed by atoms with E-state index in [4.69, 9.17) is 94.6 Å². The summed E-state index contributed by atoms with van der Waals surface area (Å²) >= 11 is 0. The van der Waals surface area contributed by atoms with Crippen LogP contribution in [0.3, 0.4) is 0 Å². The monoisotopic (exact) mass is 1250 g/mol. The molecule has 0 aliphatic heterocycles. The highest BCUT2D eigenvalue weighted by molar-refractivity contribution is 8.20. The minimum absolute atomic E-state index is 0.0326. The van der Waals surface area contributed by atoms with Gasteiger partial charge in [0, 0.05) is 208 Å². The maximum Gasteiger partial charge on any atom is 0.407 e. The van der Waals surface area contributed by atoms with Crippen LogP contribution in [0, 0.1) is 11.8 Å². The molecule has 97 heavy (non-hydrogen) atoms. The summed E-state index contributed by atoms with van der Waals surface area (Å²) < 4.78 is 10.3. The Kier molecular flexibility index (Phi) is 37.3. The van der Waals surface area contributed by atoms with Crippen LogP contribution in [0.5, 0.6) is 0 Å². The first-order chi connectivity index (χ1) is 46.4. The van der Waals surface area contributed by atoms with Crippen LogP contribution in [0.15, 0.2) is 230 Å². The fourth-order valence-corrected chi connectivity index (χ4v) is 10.3. The van der Waals surface area contributed by atoms with Crippen molar-refractivity contribution in [2.24, 2.45) is 0 Å². The standard InChI is InChI=1S/C29H32N2O5.C17H17NO2.C17H15NO2.B21/c1-3-35-29(34)30-24-12-10-11-23(21-24)18-20-28(33)36-22(2)17-19-27(32)31(25-13-6-4-7-14-25)26-15-8-5-9-16-26;2*1-14(19)12-13-17(20)18(15-8-4-2-5-9-15)16-10-6-3-7-11-16;1-12-18(13(2)3)21(19(14(4)5)15(6)7)20(16(8)9)17(10)11/h4-9,11,13-20,22,24H,3,10,12,21H2,1-2H3,(H,30,34);2-14,19H,1H3;2-11,14,19H,1H3;/b19-17-,20-18+;13-12-;;/t22-,24-;2*14-;/m111./s1. The number of esters is 1. The number of hydrogen-bond acceptors (Lipinski definition) is 9. The molecule has 13 nitrogen and oxygen atoms in total. The Balaban J connectivity index is 0.000000286. The van der Waals surface area contributed by atoms with Crippen LogP contribution >= 0.6 is 0 Å². The van der Waals surface area contributed by atoms with Crippen molar-refractivity contribution in [2.45, 2.75) is 71.3 Å². The molecular formula is C63H64B21N4O9. The molecule has 1 aliphatic carbocycles. The third-order valence-corrected chi connectivity index (χ3v) is 14.7. The summed E-state index contributed by atoms with van der Waals surface area (Å²) in [6.07, 6.45) is 3.90. The summed E-state index contributed by atoms with van der Waals surface area (Å²) in [5.41, 5.74) is 5.48. The molecule has 7 rings (SSSR count). The van der Waals surface area contributed by atoms with E-state index in [0.717, 1.165) is 52.5 Å². The summed E-state index contributed by atoms with van der Waals surface area (Å²) in [4.78, 5) is 66.4. The first-order valence-electron chi connectivity index (χ1n) is 31.6. The first kappa shape index (κ1) is 81.7. The van der Waals surface area contributed by atoms with Crippen molar-refractivity contribution in [3.05, 3.63) is 230 Å². The number of hydrogen-bond donors (Lipinski definition) is 3. The molecule has 0 spiro atoms. The largest absolute Gasteiger partial charge is 0.455 e. The van der Waals surface area contributed by atoms with Gasteiger partial charge in [-0.25, -0.2) is 9.59 Å². The molecule has 23 radical (unpaired) electrons. The number of nitrogens with zero attached hydrogens (tertiary/aromatic N) is 3. The number of alkyl carbamates (subject to hydrolysis) is 1. The Bertz CT molecular complexity index is 3360. The number of aliphatic hydroxyl groups is 2. The van der Waals surface area contributed by atoms with Gasteiger partial charge in [0.15, 0.2) is 0 Å². The Morgan fingerprint density at radius 1 is 0.557 bits per heavy atom. The second kappa shape index (κ2) is 44.2. The molecule has 0 bridgehead atoms. The van der Waals surface area contributed by atoms with Crippen LogP contribution in [-0.4, -0.2) is 221 Å². The Labute approximate surface area is 593 Å². The number of allylic oxidation sites excluding steroid dienone is 2. The number of benzene rings is 6. The summed E-state index contributed by atoms with van der Waals surface area (Å²) in [7, 11) is 64.8. The fraction of sp³-hybridized carbons (Fsp3) is 0.190. The highest BCUT2D eigenvalue weighted by Crippen LogP contribution is 2.28. The minimum atomic E-state index is -0.879. The van der Waals surface area contributed by atoms with Gasteiger partial charge in [0.05, 0.1) is 12.7 Å². The lowest BCUT2D eigenvalue weighted by atomic mass is 8.38. The van der Waals surface area contributed by atoms with E-state index >= 15 is 0 Å². The van der Waals surface area contributed by atoms with Crippen molar-refractivity contribution in [1.82, 2.24) is 5.32 Å². The van der Waals surface area contributed by atoms with Gasteiger partial charge in [0.1, 0.15) is 12.2 Å². The van der Waals surface area contributed by atoms with Gasteiger partial charge in [-0.05, 0) is 137 Å². The summed E-state index contributed by atoms with van der Waals surface area (Å²) in [6, 6.07) is 56.1. The molecule has 4 atom stereocenters. The molecule has 6 aromatic rings. The van der Waals surface area contributed by atoms with E-state index in [2.05, 4.69) is 17.2 Å². The minimum Gasteiger partial charge on any atom is -0.455 e. The third kappa shape index (κ3) is 28.7. The molecule has 0 aromatic heterocycles. The molecule has 0 heterocycles. The number of nitrogens with one attached hydrogen (secondary N) is 1. The van der Waals surface area contributed by atoms with E-state index in [1.54, 1.807) is 42.7 Å². The van der Waals surface area contributed by atoms with Crippen molar-refractivity contribution in [1.29, 1.82) is 0 Å². The number of anilines is 6. The lowest BCUT2D eigenvalue weighted by Crippen LogP contribution is -2.81. The van der Waals surface area contributed by atoms with Gasteiger partial charge in [-0.15, -0.1) is 0 Å². The number of amides is 4. The van der Waals surface area contributed by atoms with E-state index < -0.39 is 87.8 Å². The maximum atomic E-state index is 13.1. The number of rotatable bonds is 24. The lowest BCUT2D eigenvalue weighted by molar-refractivity contribution is -0.140. The zero-order valence-corrected chi connectivity index (χ0v) is 55.2. The highest BCUT2D eigenvalue weighted by Gasteiger charge is 2.45. The van der Waals surface area contributed by atoms with Crippen molar-refractivity contribution < 1.29 is 43.7 Å². The molecule has 4 amide bonds. The average Bonchev–Trinajstić information content (AvgIpc) is 0.827. The lowest BCUT2D eigenvalue weighted by Gasteiger charge is -2.43. The second-order valence-electron chi connectivity index (χ2n) is 22.4. The number of carbonyl (C=O) groups excluding carboxylic acids is 5. The predicted molar refractivity (Wildman–Crippen MR) is 421 cm³/mol. The molecule has 0 saturated heterocycles. The smallest absolute Gasteiger partial charge is 0.407 e. The Morgan fingerprint density at radius 2 is 0.928 bits per heavy atom. The van der Waals surface area contributed by atoms with Crippen molar-refractivity contribution in [2.75, 3.05) is 21.3 Å². The van der Waals surface area contributed by atoms with E-state index in [0.29, 0.717) is 13.0 Å². The van der Waals surface area contributed by atoms with Gasteiger partial charge in [0.2, 0.25) is 0 Å². The first-order valence-corrected chi connectivity index (χ1v) is 31.6. The quantitative estimate of drug-likeness (QED) is 0.0355. The fourth-order valence-electron chi connectivity index (χ4n) is 10.3. The van der Waals surface area contributed by atoms with Crippen LogP contribution in [0.25, 0.3) is 0 Å². The van der Waals surface area contributed by atoms with E-state index in [1.807, 2.05) is 188 Å². The van der Waals surface area contributed by atoms with Gasteiger partial charge in [-0.2, -0.15) is 0 Å². The average molecular weight is 1250 g/mol. The number of ether oxygens (including phenoxy) is 2. The number of carbonyl (C=O) groups is 5. The predicted octanol–water partition coefficient (Wildman–Crippen LogP) is 3.65. The molecule has 453 valence electrons. The second-order valence-corrected chi connectivity index (χ2v) is 22.4. The van der Waals surface area contributed by atoms with Crippen LogP contribution < -0.4 is 20.0 Å². The maximum absolute atomic E-state index is 13.1. The topological polar surface area (TPSA) is 166 Å². The zero-order valence-electron chi connectivity index (χ0n) is 55.2. The van der Waals surface area contributed by atoms with E-state index in [9.17, 15) is 34.2 Å².